The van der Waals surface area contributed by atoms with Crippen LogP contribution in [-0.2, 0) is 9.53 Å². The Labute approximate surface area is 57.4 Å². The predicted octanol–water partition coefficient (Wildman–Crippen LogP) is -2.41. The topological polar surface area (TPSA) is 96.1 Å². The third-order valence-electron chi connectivity index (χ3n) is 1.36. The maximum absolute atomic E-state index is 10.2. The summed E-state index contributed by atoms with van der Waals surface area (Å²) in [4.78, 5) is 10.2. The van der Waals surface area contributed by atoms with E-state index < -0.39 is 24.2 Å². The van der Waals surface area contributed by atoms with Crippen molar-refractivity contribution in [2.75, 3.05) is 6.61 Å². The molecule has 0 aromatic carbocycles. The van der Waals surface area contributed by atoms with E-state index in [0.29, 0.717) is 6.61 Å². The third kappa shape index (κ3) is 1.44. The van der Waals surface area contributed by atoms with Gasteiger partial charge in [0, 0.05) is 0 Å². The Hall–Kier alpha value is -0.650. The van der Waals surface area contributed by atoms with Crippen molar-refractivity contribution in [3.05, 3.63) is 0 Å². The number of amides is 1. The summed E-state index contributed by atoms with van der Waals surface area (Å²) in [6.45, 7) is 0.380. The zero-order valence-corrected chi connectivity index (χ0v) is 5.23. The molecule has 0 aliphatic carbocycles. The summed E-state index contributed by atoms with van der Waals surface area (Å²) >= 11 is 0. The predicted molar refractivity (Wildman–Crippen MR) is 30.9 cm³/mol. The second-order valence-corrected chi connectivity index (χ2v) is 2.21. The van der Waals surface area contributed by atoms with E-state index in [9.17, 15) is 4.79 Å². The Balaban J connectivity index is 2.38. The van der Waals surface area contributed by atoms with Gasteiger partial charge >= 0.3 is 0 Å². The highest BCUT2D eigenvalue weighted by Gasteiger charge is 2.38. The first-order chi connectivity index (χ1) is 4.63. The van der Waals surface area contributed by atoms with Crippen molar-refractivity contribution in [3.8, 4) is 0 Å². The number of hydrogen-bond donors (Lipinski definition) is 3. The number of rotatable bonds is 3. The second kappa shape index (κ2) is 2.53. The molecule has 1 aliphatic heterocycles. The number of ether oxygens (including phenoxy) is 1. The van der Waals surface area contributed by atoms with E-state index in [4.69, 9.17) is 15.9 Å². The van der Waals surface area contributed by atoms with Gasteiger partial charge < -0.3 is 20.7 Å². The molecular weight excluding hydrogens is 138 g/mol. The van der Waals surface area contributed by atoms with Gasteiger partial charge in [-0.05, 0) is 0 Å². The van der Waals surface area contributed by atoms with Crippen LogP contribution in [0.2, 0.25) is 0 Å². The van der Waals surface area contributed by atoms with Crippen molar-refractivity contribution >= 4 is 5.91 Å². The molecule has 5 heteroatoms. The maximum Gasteiger partial charge on any atom is 0.249 e. The lowest BCUT2D eigenvalue weighted by molar-refractivity contribution is -0.132. The SMILES string of the molecule is NC(=O)[C@H](O)[C@H](O)[C@H]1CO1. The van der Waals surface area contributed by atoms with Gasteiger partial charge in [-0.25, -0.2) is 0 Å². The van der Waals surface area contributed by atoms with Gasteiger partial charge in [-0.3, -0.25) is 4.79 Å². The second-order valence-electron chi connectivity index (χ2n) is 2.21. The smallest absolute Gasteiger partial charge is 0.249 e. The monoisotopic (exact) mass is 147 g/mol. The van der Waals surface area contributed by atoms with Crippen LogP contribution in [0, 0.1) is 0 Å². The first-order valence-electron chi connectivity index (χ1n) is 2.90. The van der Waals surface area contributed by atoms with Gasteiger partial charge in [0.2, 0.25) is 5.91 Å². The van der Waals surface area contributed by atoms with Gasteiger partial charge in [0.1, 0.15) is 12.2 Å². The molecule has 0 unspecified atom stereocenters. The van der Waals surface area contributed by atoms with E-state index in [-0.39, 0.29) is 0 Å². The molecule has 0 spiro atoms. The Morgan fingerprint density at radius 2 is 2.20 bits per heavy atom. The highest BCUT2D eigenvalue weighted by molar-refractivity contribution is 5.79. The van der Waals surface area contributed by atoms with Crippen molar-refractivity contribution in [1.82, 2.24) is 0 Å². The maximum atomic E-state index is 10.2. The highest BCUT2D eigenvalue weighted by atomic mass is 16.6. The van der Waals surface area contributed by atoms with Crippen LogP contribution < -0.4 is 5.73 Å². The van der Waals surface area contributed by atoms with E-state index in [0.717, 1.165) is 0 Å². The van der Waals surface area contributed by atoms with Crippen LogP contribution in [0.5, 0.6) is 0 Å². The number of carbonyl (C=O) groups is 1. The molecule has 1 rings (SSSR count). The molecule has 4 N–H and O–H groups in total. The average Bonchev–Trinajstić information content (AvgIpc) is 2.65. The Morgan fingerprint density at radius 3 is 2.50 bits per heavy atom. The largest absolute Gasteiger partial charge is 0.387 e. The molecule has 3 atom stereocenters. The summed E-state index contributed by atoms with van der Waals surface area (Å²) in [6, 6.07) is 0. The molecule has 10 heavy (non-hydrogen) atoms. The Kier molecular flexibility index (Phi) is 1.89. The molecule has 1 fully saturated rings. The molecule has 0 radical (unpaired) electrons. The number of nitrogens with two attached hydrogens (primary N) is 1. The first-order valence-corrected chi connectivity index (χ1v) is 2.90. The minimum Gasteiger partial charge on any atom is -0.387 e. The van der Waals surface area contributed by atoms with Gasteiger partial charge in [-0.15, -0.1) is 0 Å². The molecule has 1 saturated heterocycles. The highest BCUT2D eigenvalue weighted by Crippen LogP contribution is 2.16. The zero-order valence-electron chi connectivity index (χ0n) is 5.23. The molecule has 0 saturated carbocycles. The Bertz CT molecular complexity index is 145. The van der Waals surface area contributed by atoms with Gasteiger partial charge in [0.25, 0.3) is 0 Å². The fourth-order valence-electron chi connectivity index (χ4n) is 0.624. The Morgan fingerprint density at radius 1 is 1.70 bits per heavy atom. The van der Waals surface area contributed by atoms with Crippen molar-refractivity contribution in [1.29, 1.82) is 0 Å². The lowest BCUT2D eigenvalue weighted by atomic mass is 10.1. The first kappa shape index (κ1) is 7.46. The van der Waals surface area contributed by atoms with Crippen LogP contribution in [0.3, 0.4) is 0 Å². The minimum atomic E-state index is -1.51. The molecule has 0 aromatic rings. The van der Waals surface area contributed by atoms with Crippen LogP contribution in [0.15, 0.2) is 0 Å². The molecule has 1 heterocycles. The van der Waals surface area contributed by atoms with Gasteiger partial charge in [-0.1, -0.05) is 0 Å². The minimum absolute atomic E-state index is 0.380. The van der Waals surface area contributed by atoms with E-state index in [1.54, 1.807) is 0 Å². The number of primary amides is 1. The molecule has 5 nitrogen and oxygen atoms in total. The summed E-state index contributed by atoms with van der Waals surface area (Å²) in [7, 11) is 0. The third-order valence-corrected chi connectivity index (χ3v) is 1.36. The number of hydrogen-bond acceptors (Lipinski definition) is 4. The van der Waals surface area contributed by atoms with E-state index in [2.05, 4.69) is 4.74 Å². The fraction of sp³-hybridized carbons (Fsp3) is 0.800. The van der Waals surface area contributed by atoms with E-state index in [1.165, 1.54) is 0 Å². The number of epoxide rings is 1. The quantitative estimate of drug-likeness (QED) is 0.387. The van der Waals surface area contributed by atoms with Crippen LogP contribution >= 0.6 is 0 Å². The molecular formula is C5H9NO4. The van der Waals surface area contributed by atoms with E-state index in [1.807, 2.05) is 0 Å². The lowest BCUT2D eigenvalue weighted by Gasteiger charge is -2.10. The molecule has 1 amide bonds. The van der Waals surface area contributed by atoms with Crippen molar-refractivity contribution in [2.24, 2.45) is 5.73 Å². The lowest BCUT2D eigenvalue weighted by Crippen LogP contribution is -2.41. The average molecular weight is 147 g/mol. The van der Waals surface area contributed by atoms with Crippen molar-refractivity contribution < 1.29 is 19.7 Å². The van der Waals surface area contributed by atoms with Crippen LogP contribution in [-0.4, -0.2) is 41.0 Å². The van der Waals surface area contributed by atoms with E-state index >= 15 is 0 Å². The van der Waals surface area contributed by atoms with Crippen LogP contribution in [0.1, 0.15) is 0 Å². The molecule has 1 aliphatic rings. The zero-order chi connectivity index (χ0) is 7.72. The summed E-state index contributed by atoms with van der Waals surface area (Å²) in [5.74, 6) is -0.928. The summed E-state index contributed by atoms with van der Waals surface area (Å²) < 4.78 is 4.62. The summed E-state index contributed by atoms with van der Waals surface area (Å²) in [6.07, 6.45) is -3.09. The summed E-state index contributed by atoms with van der Waals surface area (Å²) in [5, 5.41) is 17.8. The standard InChI is InChI=1S/C5H9NO4/c6-5(9)4(8)3(7)2-1-10-2/h2-4,7-8H,1H2,(H2,6,9)/t2-,3-,4-/m1/s1. The van der Waals surface area contributed by atoms with Gasteiger partial charge in [0.15, 0.2) is 6.10 Å². The number of aliphatic hydroxyl groups excluding tert-OH is 2. The van der Waals surface area contributed by atoms with Crippen molar-refractivity contribution in [2.45, 2.75) is 18.3 Å². The van der Waals surface area contributed by atoms with Crippen LogP contribution in [0.4, 0.5) is 0 Å². The van der Waals surface area contributed by atoms with Crippen molar-refractivity contribution in [3.63, 3.8) is 0 Å². The fourth-order valence-corrected chi connectivity index (χ4v) is 0.624. The molecule has 58 valence electrons. The molecule has 0 aromatic heterocycles. The van der Waals surface area contributed by atoms with Gasteiger partial charge in [-0.2, -0.15) is 0 Å². The van der Waals surface area contributed by atoms with Gasteiger partial charge in [0.05, 0.1) is 6.61 Å². The summed E-state index contributed by atoms with van der Waals surface area (Å²) in [5.41, 5.74) is 4.70. The van der Waals surface area contributed by atoms with Crippen LogP contribution in [0.25, 0.3) is 0 Å². The normalized spacial score (nSPS) is 29.2. The molecule has 0 bridgehead atoms. The number of aliphatic hydroxyl groups is 2. The number of carbonyl (C=O) groups excluding carboxylic acids is 1.